The van der Waals surface area contributed by atoms with E-state index in [1.54, 1.807) is 4.90 Å². The van der Waals surface area contributed by atoms with Gasteiger partial charge >= 0.3 is 0 Å². The summed E-state index contributed by atoms with van der Waals surface area (Å²) in [4.78, 5) is 14.8. The predicted octanol–water partition coefficient (Wildman–Crippen LogP) is 4.35. The summed E-state index contributed by atoms with van der Waals surface area (Å²) in [7, 11) is -3.82. The third kappa shape index (κ3) is 4.69. The van der Waals surface area contributed by atoms with Gasteiger partial charge in [0.15, 0.2) is 0 Å². The number of fused-ring (bicyclic) bond motifs is 1. The van der Waals surface area contributed by atoms with Gasteiger partial charge in [0.05, 0.1) is 11.4 Å². The number of hydrogen-bond acceptors (Lipinski definition) is 4. The first-order chi connectivity index (χ1) is 16.4. The predicted molar refractivity (Wildman–Crippen MR) is 126 cm³/mol. The van der Waals surface area contributed by atoms with Crippen LogP contribution in [0.25, 0.3) is 0 Å². The molecule has 0 saturated heterocycles. The fourth-order valence-electron chi connectivity index (χ4n) is 4.12. The van der Waals surface area contributed by atoms with Gasteiger partial charge in [-0.25, -0.2) is 12.8 Å². The highest BCUT2D eigenvalue weighted by Crippen LogP contribution is 2.34. The number of carbonyl (C=O) groups excluding carboxylic acids is 1. The maximum atomic E-state index is 13.3. The normalized spacial score (nSPS) is 16.3. The van der Waals surface area contributed by atoms with E-state index in [0.29, 0.717) is 12.3 Å². The lowest BCUT2D eigenvalue weighted by molar-refractivity contribution is -0.119. The van der Waals surface area contributed by atoms with Crippen LogP contribution in [0.5, 0.6) is 5.75 Å². The smallest absolute Gasteiger partial charge is 0.243 e. The van der Waals surface area contributed by atoms with Crippen molar-refractivity contribution in [3.05, 3.63) is 89.7 Å². The number of benzene rings is 3. The Bertz CT molecular complexity index is 1290. The average Bonchev–Trinajstić information content (AvgIpc) is 3.70. The molecule has 1 heterocycles. The van der Waals surface area contributed by atoms with Crippen molar-refractivity contribution < 1.29 is 22.3 Å². The molecule has 3 aromatic carbocycles. The minimum Gasteiger partial charge on any atom is -0.492 e. The van der Waals surface area contributed by atoms with Crippen molar-refractivity contribution in [2.24, 2.45) is 5.92 Å². The zero-order chi connectivity index (χ0) is 23.7. The molecule has 0 unspecified atom stereocenters. The molecule has 0 spiro atoms. The Morgan fingerprint density at radius 1 is 1.03 bits per heavy atom. The molecule has 1 amide bonds. The number of carbonyl (C=O) groups is 1. The Labute approximate surface area is 198 Å². The summed E-state index contributed by atoms with van der Waals surface area (Å²) in [5, 5.41) is 0. The lowest BCUT2D eigenvalue weighted by Gasteiger charge is -2.24. The van der Waals surface area contributed by atoms with Crippen molar-refractivity contribution >= 4 is 21.6 Å². The van der Waals surface area contributed by atoms with Gasteiger partial charge in [0.2, 0.25) is 15.9 Å². The molecular weight excluding hydrogens is 455 g/mol. The van der Waals surface area contributed by atoms with E-state index in [4.69, 9.17) is 4.74 Å². The van der Waals surface area contributed by atoms with E-state index in [0.717, 1.165) is 41.8 Å². The fourth-order valence-corrected chi connectivity index (χ4v) is 5.52. The molecule has 6 nitrogen and oxygen atoms in total. The number of sulfonamides is 1. The van der Waals surface area contributed by atoms with Crippen LogP contribution in [0.4, 0.5) is 10.1 Å². The van der Waals surface area contributed by atoms with Crippen molar-refractivity contribution in [1.82, 2.24) is 4.31 Å². The van der Waals surface area contributed by atoms with Gasteiger partial charge in [-0.15, -0.1) is 0 Å². The summed E-state index contributed by atoms with van der Waals surface area (Å²) < 4.78 is 46.8. The van der Waals surface area contributed by atoms with Gasteiger partial charge in [-0.1, -0.05) is 24.3 Å². The van der Waals surface area contributed by atoms with Crippen LogP contribution in [0.2, 0.25) is 0 Å². The quantitative estimate of drug-likeness (QED) is 0.526. The first-order valence-corrected chi connectivity index (χ1v) is 12.7. The molecule has 0 radical (unpaired) electrons. The zero-order valence-electron chi connectivity index (χ0n) is 18.6. The molecule has 0 aromatic heterocycles. The molecule has 2 aliphatic rings. The molecule has 1 fully saturated rings. The van der Waals surface area contributed by atoms with E-state index < -0.39 is 15.8 Å². The van der Waals surface area contributed by atoms with Gasteiger partial charge in [-0.2, -0.15) is 4.31 Å². The molecular formula is C26H25FN2O4S. The molecule has 176 valence electrons. The Kier molecular flexibility index (Phi) is 6.10. The maximum absolute atomic E-state index is 13.3. The summed E-state index contributed by atoms with van der Waals surface area (Å²) >= 11 is 0. The van der Waals surface area contributed by atoms with Crippen LogP contribution >= 0.6 is 0 Å². The largest absolute Gasteiger partial charge is 0.492 e. The van der Waals surface area contributed by atoms with Crippen molar-refractivity contribution in [3.63, 3.8) is 0 Å². The summed E-state index contributed by atoms with van der Waals surface area (Å²) in [6.45, 7) is 0.908. The summed E-state index contributed by atoms with van der Waals surface area (Å²) in [5.74, 6) is 0.316. The first kappa shape index (κ1) is 22.6. The third-order valence-corrected chi connectivity index (χ3v) is 7.98. The highest BCUT2D eigenvalue weighted by Gasteiger charge is 2.34. The van der Waals surface area contributed by atoms with Gasteiger partial charge in [0, 0.05) is 30.3 Å². The monoisotopic (exact) mass is 480 g/mol. The number of para-hydroxylation sites is 1. The molecule has 3 aromatic rings. The van der Waals surface area contributed by atoms with Gasteiger partial charge < -0.3 is 9.64 Å². The minimum atomic E-state index is -3.82. The second-order valence-electron chi connectivity index (χ2n) is 8.62. The SMILES string of the molecule is O=C(C1CC1)N(Cc1ccc2c(c1)CN(S(=O)(=O)c1ccc(F)cc1)CCO2)c1ccccc1. The maximum Gasteiger partial charge on any atom is 0.243 e. The average molecular weight is 481 g/mol. The standard InChI is InChI=1S/C26H25FN2O4S/c27-22-9-11-24(12-10-22)34(31,32)28-14-15-33-25-13-6-19(16-21(25)18-28)17-29(26(30)20-7-8-20)23-4-2-1-3-5-23/h1-6,9-13,16,20H,7-8,14-15,17-18H2. The topological polar surface area (TPSA) is 66.9 Å². The van der Waals surface area contributed by atoms with E-state index in [1.807, 2.05) is 48.5 Å². The second kappa shape index (κ2) is 9.19. The van der Waals surface area contributed by atoms with Crippen molar-refractivity contribution in [2.45, 2.75) is 30.8 Å². The number of nitrogens with zero attached hydrogens (tertiary/aromatic N) is 2. The van der Waals surface area contributed by atoms with Crippen molar-refractivity contribution in [3.8, 4) is 5.75 Å². The Morgan fingerprint density at radius 3 is 2.47 bits per heavy atom. The van der Waals surface area contributed by atoms with Gasteiger partial charge in [0.25, 0.3) is 0 Å². The summed E-state index contributed by atoms with van der Waals surface area (Å²) in [5.41, 5.74) is 2.46. The minimum absolute atomic E-state index is 0.0405. The van der Waals surface area contributed by atoms with E-state index in [2.05, 4.69) is 0 Å². The highest BCUT2D eigenvalue weighted by atomic mass is 32.2. The Morgan fingerprint density at radius 2 is 1.76 bits per heavy atom. The number of hydrogen-bond donors (Lipinski definition) is 0. The Balaban J connectivity index is 1.42. The molecule has 1 aliphatic carbocycles. The van der Waals surface area contributed by atoms with Gasteiger partial charge in [-0.05, 0) is 66.9 Å². The number of rotatable bonds is 6. The van der Waals surface area contributed by atoms with E-state index in [-0.39, 0.29) is 36.4 Å². The van der Waals surface area contributed by atoms with Crippen LogP contribution in [-0.4, -0.2) is 31.8 Å². The van der Waals surface area contributed by atoms with Crippen molar-refractivity contribution in [2.75, 3.05) is 18.1 Å². The molecule has 34 heavy (non-hydrogen) atoms. The van der Waals surface area contributed by atoms with E-state index in [1.165, 1.54) is 16.4 Å². The van der Waals surface area contributed by atoms with Crippen molar-refractivity contribution in [1.29, 1.82) is 0 Å². The van der Waals surface area contributed by atoms with Crippen LogP contribution in [-0.2, 0) is 27.9 Å². The third-order valence-electron chi connectivity index (χ3n) is 6.12. The second-order valence-corrected chi connectivity index (χ2v) is 10.6. The summed E-state index contributed by atoms with van der Waals surface area (Å²) in [6, 6.07) is 20.1. The van der Waals surface area contributed by atoms with Crippen LogP contribution in [0.15, 0.2) is 77.7 Å². The Hall–Kier alpha value is -3.23. The van der Waals surface area contributed by atoms with Crippen LogP contribution in [0.1, 0.15) is 24.0 Å². The zero-order valence-corrected chi connectivity index (χ0v) is 19.4. The molecule has 5 rings (SSSR count). The number of anilines is 1. The molecule has 0 bridgehead atoms. The van der Waals surface area contributed by atoms with Crippen LogP contribution < -0.4 is 9.64 Å². The molecule has 1 aliphatic heterocycles. The lowest BCUT2D eigenvalue weighted by Crippen LogP contribution is -2.32. The number of amides is 1. The molecule has 1 saturated carbocycles. The molecule has 0 N–H and O–H groups in total. The van der Waals surface area contributed by atoms with Crippen LogP contribution in [0.3, 0.4) is 0 Å². The lowest BCUT2D eigenvalue weighted by atomic mass is 10.1. The van der Waals surface area contributed by atoms with E-state index >= 15 is 0 Å². The first-order valence-electron chi connectivity index (χ1n) is 11.3. The van der Waals surface area contributed by atoms with Gasteiger partial charge in [0.1, 0.15) is 18.2 Å². The number of halogens is 1. The van der Waals surface area contributed by atoms with E-state index in [9.17, 15) is 17.6 Å². The van der Waals surface area contributed by atoms with Gasteiger partial charge in [-0.3, -0.25) is 4.79 Å². The number of ether oxygens (including phenoxy) is 1. The fraction of sp³-hybridized carbons (Fsp3) is 0.269. The summed E-state index contributed by atoms with van der Waals surface area (Å²) in [6.07, 6.45) is 1.83. The molecule has 8 heteroatoms. The highest BCUT2D eigenvalue weighted by molar-refractivity contribution is 7.89. The molecule has 0 atom stereocenters. The van der Waals surface area contributed by atoms with Crippen LogP contribution in [0, 0.1) is 11.7 Å².